The number of halogens is 1. The first-order valence-corrected chi connectivity index (χ1v) is 11.4. The molecule has 2 amide bonds. The topological polar surface area (TPSA) is 91.1 Å². The van der Waals surface area contributed by atoms with Gasteiger partial charge in [0.25, 0.3) is 0 Å². The Morgan fingerprint density at radius 2 is 1.90 bits per heavy atom. The molecule has 2 aromatic carbocycles. The van der Waals surface area contributed by atoms with Gasteiger partial charge in [0.2, 0.25) is 0 Å². The van der Waals surface area contributed by atoms with Crippen molar-refractivity contribution in [3.8, 4) is 5.75 Å². The number of rotatable bonds is 4. The number of carbonyl (C=O) groups excluding carboxylic acids is 1. The number of nitrogens with zero attached hydrogens (tertiary/aromatic N) is 2. The molecule has 166 valence electrons. The van der Waals surface area contributed by atoms with E-state index in [1.807, 2.05) is 41.3 Å². The minimum absolute atomic E-state index is 0.117. The van der Waals surface area contributed by atoms with Crippen LogP contribution in [0.25, 0.3) is 0 Å². The summed E-state index contributed by atoms with van der Waals surface area (Å²) in [6, 6.07) is 15.7. The van der Waals surface area contributed by atoms with Crippen LogP contribution < -0.4 is 15.8 Å². The zero-order chi connectivity index (χ0) is 22.0. The summed E-state index contributed by atoms with van der Waals surface area (Å²) in [6.07, 6.45) is 0.0541. The van der Waals surface area contributed by atoms with Crippen LogP contribution in [0.2, 0.25) is 0 Å². The Bertz CT molecular complexity index is 893. The molecule has 0 radical (unpaired) electrons. The van der Waals surface area contributed by atoms with Gasteiger partial charge in [-0.3, -0.25) is 4.90 Å². The summed E-state index contributed by atoms with van der Waals surface area (Å²) < 4.78 is 6.21. The third kappa shape index (κ3) is 4.72. The van der Waals surface area contributed by atoms with Gasteiger partial charge in [-0.1, -0.05) is 28.1 Å². The summed E-state index contributed by atoms with van der Waals surface area (Å²) in [7, 11) is 1.61. The molecule has 7 nitrogen and oxygen atoms in total. The van der Waals surface area contributed by atoms with E-state index in [-0.39, 0.29) is 24.0 Å². The molecule has 0 bridgehead atoms. The summed E-state index contributed by atoms with van der Waals surface area (Å²) >= 11 is 3.50. The first-order chi connectivity index (χ1) is 15.0. The van der Waals surface area contributed by atoms with Crippen LogP contribution in [0.1, 0.15) is 17.9 Å². The van der Waals surface area contributed by atoms with E-state index in [0.717, 1.165) is 10.2 Å². The van der Waals surface area contributed by atoms with Gasteiger partial charge in [-0.05, 0) is 48.4 Å². The van der Waals surface area contributed by atoms with Crippen molar-refractivity contribution in [1.82, 2.24) is 9.80 Å². The van der Waals surface area contributed by atoms with Crippen LogP contribution in [0.15, 0.2) is 53.0 Å². The fraction of sp³-hybridized carbons (Fsp3) is 0.435. The van der Waals surface area contributed by atoms with E-state index in [4.69, 9.17) is 10.5 Å². The van der Waals surface area contributed by atoms with Gasteiger partial charge >= 0.3 is 6.03 Å². The van der Waals surface area contributed by atoms with E-state index in [9.17, 15) is 9.90 Å². The molecule has 2 aliphatic rings. The standard InChI is InChI=1S/C23H29BrN4O3/c1-31-19-8-6-17(7-9-19)26-23(30)27-11-10-18(29)13-28-20(12-25)22(21(28)14-27)15-2-4-16(24)5-3-15/h2-9,18,20-22,29H,10-14,25H2,1H3,(H,26,30)/t18?,20-,21?,22?/m1/s1. The Hall–Kier alpha value is -2.13. The lowest BCUT2D eigenvalue weighted by molar-refractivity contribution is -0.0630. The van der Waals surface area contributed by atoms with Crippen molar-refractivity contribution in [3.05, 3.63) is 58.6 Å². The van der Waals surface area contributed by atoms with Crippen molar-refractivity contribution >= 4 is 27.6 Å². The van der Waals surface area contributed by atoms with E-state index >= 15 is 0 Å². The largest absolute Gasteiger partial charge is 0.497 e. The van der Waals surface area contributed by atoms with E-state index in [1.54, 1.807) is 7.11 Å². The summed E-state index contributed by atoms with van der Waals surface area (Å²) in [4.78, 5) is 17.1. The number of nitrogens with two attached hydrogens (primary N) is 1. The van der Waals surface area contributed by atoms with Crippen molar-refractivity contribution in [2.75, 3.05) is 38.6 Å². The molecule has 3 unspecified atom stereocenters. The second-order valence-corrected chi connectivity index (χ2v) is 9.11. The third-order valence-electron chi connectivity index (χ3n) is 6.37. The van der Waals surface area contributed by atoms with Gasteiger partial charge in [-0.25, -0.2) is 4.79 Å². The van der Waals surface area contributed by atoms with Gasteiger partial charge in [-0.2, -0.15) is 0 Å². The normalized spacial score (nSPS) is 26.3. The molecule has 2 aliphatic heterocycles. The number of amides is 2. The van der Waals surface area contributed by atoms with Crippen LogP contribution in [-0.4, -0.2) is 72.4 Å². The highest BCUT2D eigenvalue weighted by atomic mass is 79.9. The lowest BCUT2D eigenvalue weighted by Gasteiger charge is -2.58. The van der Waals surface area contributed by atoms with Crippen molar-refractivity contribution in [2.45, 2.75) is 30.5 Å². The molecule has 0 aliphatic carbocycles. The number of aliphatic hydroxyl groups excluding tert-OH is 1. The van der Waals surface area contributed by atoms with E-state index in [0.29, 0.717) is 38.3 Å². The first-order valence-electron chi connectivity index (χ1n) is 10.6. The molecule has 2 saturated heterocycles. The summed E-state index contributed by atoms with van der Waals surface area (Å²) in [5, 5.41) is 13.5. The Balaban J connectivity index is 1.52. The highest BCUT2D eigenvalue weighted by Crippen LogP contribution is 2.42. The quantitative estimate of drug-likeness (QED) is 0.615. The summed E-state index contributed by atoms with van der Waals surface area (Å²) in [5.74, 6) is 0.961. The van der Waals surface area contributed by atoms with Gasteiger partial charge in [0.1, 0.15) is 5.75 Å². The van der Waals surface area contributed by atoms with Crippen LogP contribution in [0, 0.1) is 0 Å². The van der Waals surface area contributed by atoms with E-state index in [2.05, 4.69) is 38.3 Å². The molecule has 4 atom stereocenters. The molecule has 2 fully saturated rings. The third-order valence-corrected chi connectivity index (χ3v) is 6.90. The Labute approximate surface area is 191 Å². The zero-order valence-corrected chi connectivity index (χ0v) is 19.2. The Morgan fingerprint density at radius 1 is 1.19 bits per heavy atom. The number of ether oxygens (including phenoxy) is 1. The molecule has 2 heterocycles. The number of benzene rings is 2. The predicted octanol–water partition coefficient (Wildman–Crippen LogP) is 2.85. The van der Waals surface area contributed by atoms with Crippen LogP contribution in [0.3, 0.4) is 0 Å². The van der Waals surface area contributed by atoms with Crippen molar-refractivity contribution < 1.29 is 14.6 Å². The predicted molar refractivity (Wildman–Crippen MR) is 124 cm³/mol. The van der Waals surface area contributed by atoms with Crippen LogP contribution in [0.5, 0.6) is 5.75 Å². The molecule has 4 N–H and O–H groups in total. The van der Waals surface area contributed by atoms with Crippen molar-refractivity contribution in [3.63, 3.8) is 0 Å². The average Bonchev–Trinajstić information content (AvgIpc) is 2.76. The molecular formula is C23H29BrN4O3. The van der Waals surface area contributed by atoms with Gasteiger partial charge in [0.15, 0.2) is 0 Å². The Kier molecular flexibility index (Phi) is 6.81. The highest BCUT2D eigenvalue weighted by Gasteiger charge is 2.50. The maximum absolute atomic E-state index is 13.1. The van der Waals surface area contributed by atoms with Crippen molar-refractivity contribution in [1.29, 1.82) is 0 Å². The summed E-state index contributed by atoms with van der Waals surface area (Å²) in [5.41, 5.74) is 8.04. The number of hydrogen-bond acceptors (Lipinski definition) is 5. The summed E-state index contributed by atoms with van der Waals surface area (Å²) in [6.45, 7) is 2.20. The fourth-order valence-corrected chi connectivity index (χ4v) is 5.00. The number of aliphatic hydroxyl groups is 1. The zero-order valence-electron chi connectivity index (χ0n) is 17.6. The number of hydrogen-bond donors (Lipinski definition) is 3. The maximum atomic E-state index is 13.1. The Morgan fingerprint density at radius 3 is 2.55 bits per heavy atom. The van der Waals surface area contributed by atoms with Gasteiger partial charge < -0.3 is 25.8 Å². The smallest absolute Gasteiger partial charge is 0.321 e. The fourth-order valence-electron chi connectivity index (χ4n) is 4.73. The second-order valence-electron chi connectivity index (χ2n) is 8.19. The van der Waals surface area contributed by atoms with E-state index in [1.165, 1.54) is 5.56 Å². The maximum Gasteiger partial charge on any atom is 0.321 e. The van der Waals surface area contributed by atoms with Crippen molar-refractivity contribution in [2.24, 2.45) is 5.73 Å². The molecule has 2 aromatic rings. The minimum Gasteiger partial charge on any atom is -0.497 e. The van der Waals surface area contributed by atoms with Crippen LogP contribution >= 0.6 is 15.9 Å². The SMILES string of the molecule is COc1ccc(NC(=O)N2CCC(O)CN3C(C2)C(c2ccc(Br)cc2)[C@H]3CN)cc1. The van der Waals surface area contributed by atoms with E-state index < -0.39 is 6.10 Å². The van der Waals surface area contributed by atoms with Crippen LogP contribution in [-0.2, 0) is 0 Å². The molecular weight excluding hydrogens is 460 g/mol. The average molecular weight is 489 g/mol. The lowest BCUT2D eigenvalue weighted by atomic mass is 9.74. The van der Waals surface area contributed by atoms with Crippen LogP contribution in [0.4, 0.5) is 10.5 Å². The monoisotopic (exact) mass is 488 g/mol. The molecule has 0 saturated carbocycles. The number of fused-ring (bicyclic) bond motifs is 1. The van der Waals surface area contributed by atoms with Gasteiger partial charge in [0.05, 0.1) is 13.2 Å². The molecule has 0 aromatic heterocycles. The highest BCUT2D eigenvalue weighted by molar-refractivity contribution is 9.10. The molecule has 31 heavy (non-hydrogen) atoms. The second kappa shape index (κ2) is 9.56. The number of nitrogens with one attached hydrogen (secondary N) is 1. The van der Waals surface area contributed by atoms with Gasteiger partial charge in [-0.15, -0.1) is 0 Å². The number of urea groups is 1. The number of anilines is 1. The molecule has 0 spiro atoms. The molecule has 8 heteroatoms. The minimum atomic E-state index is -0.487. The first kappa shape index (κ1) is 22.1. The lowest BCUT2D eigenvalue weighted by Crippen LogP contribution is -2.70. The molecule has 4 rings (SSSR count). The number of methoxy groups -OCH3 is 1. The number of carbonyl (C=O) groups is 1. The van der Waals surface area contributed by atoms with Gasteiger partial charge in [0, 0.05) is 54.3 Å².